The van der Waals surface area contributed by atoms with Crippen molar-refractivity contribution < 1.29 is 4.74 Å². The van der Waals surface area contributed by atoms with Crippen molar-refractivity contribution in [3.63, 3.8) is 0 Å². The summed E-state index contributed by atoms with van der Waals surface area (Å²) in [5.41, 5.74) is 1.94. The molecule has 0 radical (unpaired) electrons. The number of hydrogen-bond acceptors (Lipinski definition) is 5. The van der Waals surface area contributed by atoms with Gasteiger partial charge in [0.25, 0.3) is 0 Å². The maximum atomic E-state index is 6.24. The second kappa shape index (κ2) is 5.77. The zero-order valence-corrected chi connectivity index (χ0v) is 14.3. The lowest BCUT2D eigenvalue weighted by Gasteiger charge is -2.17. The number of benzene rings is 1. The number of fused-ring (bicyclic) bond motifs is 1. The average molecular weight is 332 g/mol. The van der Waals surface area contributed by atoms with Crippen molar-refractivity contribution in [3.05, 3.63) is 40.7 Å². The SMILES string of the molecule is COc1nc(C(C)(C)C)nc2c1nnn2Cc1ccccc1Cl. The van der Waals surface area contributed by atoms with Crippen LogP contribution in [0.15, 0.2) is 24.3 Å². The normalized spacial score (nSPS) is 11.9. The molecule has 0 aliphatic rings. The van der Waals surface area contributed by atoms with E-state index in [1.165, 1.54) is 0 Å². The van der Waals surface area contributed by atoms with Crippen LogP contribution in [0, 0.1) is 0 Å². The third kappa shape index (κ3) is 2.99. The second-order valence-electron chi connectivity index (χ2n) is 6.32. The molecule has 1 aromatic carbocycles. The highest BCUT2D eigenvalue weighted by atomic mass is 35.5. The van der Waals surface area contributed by atoms with E-state index in [1.54, 1.807) is 11.8 Å². The van der Waals surface area contributed by atoms with Crippen LogP contribution in [0.3, 0.4) is 0 Å². The third-order valence-corrected chi connectivity index (χ3v) is 3.84. The highest BCUT2D eigenvalue weighted by Gasteiger charge is 2.23. The van der Waals surface area contributed by atoms with E-state index in [1.807, 2.05) is 24.3 Å². The van der Waals surface area contributed by atoms with Gasteiger partial charge in [-0.15, -0.1) is 5.10 Å². The summed E-state index contributed by atoms with van der Waals surface area (Å²) in [5.74, 6) is 1.12. The molecule has 2 heterocycles. The van der Waals surface area contributed by atoms with Crippen LogP contribution >= 0.6 is 11.6 Å². The molecule has 0 aliphatic heterocycles. The van der Waals surface area contributed by atoms with Gasteiger partial charge < -0.3 is 4.74 Å². The van der Waals surface area contributed by atoms with E-state index < -0.39 is 0 Å². The Morgan fingerprint density at radius 3 is 2.57 bits per heavy atom. The Kier molecular flexibility index (Phi) is 3.93. The highest BCUT2D eigenvalue weighted by Crippen LogP contribution is 2.26. The van der Waals surface area contributed by atoms with Gasteiger partial charge in [0.15, 0.2) is 11.2 Å². The Hall–Kier alpha value is -2.21. The second-order valence-corrected chi connectivity index (χ2v) is 6.72. The van der Waals surface area contributed by atoms with Gasteiger partial charge in [-0.05, 0) is 11.6 Å². The summed E-state index contributed by atoms with van der Waals surface area (Å²) < 4.78 is 7.08. The highest BCUT2D eigenvalue weighted by molar-refractivity contribution is 6.31. The Morgan fingerprint density at radius 2 is 1.91 bits per heavy atom. The minimum Gasteiger partial charge on any atom is -0.479 e. The van der Waals surface area contributed by atoms with E-state index in [0.717, 1.165) is 5.56 Å². The molecule has 0 N–H and O–H groups in total. The molecule has 0 atom stereocenters. The molecule has 23 heavy (non-hydrogen) atoms. The molecule has 7 heteroatoms. The van der Waals surface area contributed by atoms with Crippen LogP contribution in [0.2, 0.25) is 5.02 Å². The van der Waals surface area contributed by atoms with Crippen LogP contribution in [-0.4, -0.2) is 32.1 Å². The van der Waals surface area contributed by atoms with E-state index >= 15 is 0 Å². The zero-order valence-electron chi connectivity index (χ0n) is 13.5. The first-order valence-corrected chi connectivity index (χ1v) is 7.67. The molecular formula is C16H18ClN5O. The maximum Gasteiger partial charge on any atom is 0.247 e. The molecule has 3 rings (SSSR count). The standard InChI is InChI=1S/C16H18ClN5O/c1-16(2,3)15-18-13-12(14(19-15)23-4)20-21-22(13)9-10-7-5-6-8-11(10)17/h5-8H,9H2,1-4H3. The van der Waals surface area contributed by atoms with Crippen molar-refractivity contribution in [2.45, 2.75) is 32.7 Å². The molecule has 0 amide bonds. The van der Waals surface area contributed by atoms with Gasteiger partial charge in [-0.25, -0.2) is 9.67 Å². The summed E-state index contributed by atoms with van der Waals surface area (Å²) in [6, 6.07) is 7.65. The Morgan fingerprint density at radius 1 is 1.17 bits per heavy atom. The van der Waals surface area contributed by atoms with Crippen molar-refractivity contribution >= 4 is 22.8 Å². The topological polar surface area (TPSA) is 65.7 Å². The zero-order chi connectivity index (χ0) is 16.6. The van der Waals surface area contributed by atoms with Crippen LogP contribution in [0.4, 0.5) is 0 Å². The first kappa shape index (κ1) is 15.7. The van der Waals surface area contributed by atoms with Gasteiger partial charge >= 0.3 is 0 Å². The average Bonchev–Trinajstić information content (AvgIpc) is 2.91. The van der Waals surface area contributed by atoms with Gasteiger partial charge in [-0.3, -0.25) is 0 Å². The fourth-order valence-electron chi connectivity index (χ4n) is 2.20. The molecule has 6 nitrogen and oxygen atoms in total. The quantitative estimate of drug-likeness (QED) is 0.737. The van der Waals surface area contributed by atoms with Crippen molar-refractivity contribution in [1.82, 2.24) is 25.0 Å². The molecule has 2 aromatic heterocycles. The lowest BCUT2D eigenvalue weighted by atomic mass is 9.96. The molecular weight excluding hydrogens is 314 g/mol. The molecule has 0 bridgehead atoms. The smallest absolute Gasteiger partial charge is 0.247 e. The summed E-state index contributed by atoms with van der Waals surface area (Å²) >= 11 is 6.24. The molecule has 0 spiro atoms. The first-order valence-electron chi connectivity index (χ1n) is 7.29. The summed E-state index contributed by atoms with van der Waals surface area (Å²) in [5, 5.41) is 9.04. The molecule has 0 aliphatic carbocycles. The van der Waals surface area contributed by atoms with Gasteiger partial charge in [0.1, 0.15) is 5.82 Å². The van der Waals surface area contributed by atoms with Gasteiger partial charge in [0, 0.05) is 10.4 Å². The number of nitrogens with zero attached hydrogens (tertiary/aromatic N) is 5. The fourth-order valence-corrected chi connectivity index (χ4v) is 2.40. The molecule has 0 saturated carbocycles. The number of rotatable bonds is 3. The lowest BCUT2D eigenvalue weighted by Crippen LogP contribution is -2.17. The van der Waals surface area contributed by atoms with Crippen LogP contribution < -0.4 is 4.74 Å². The summed E-state index contributed by atoms with van der Waals surface area (Å²) in [4.78, 5) is 9.10. The van der Waals surface area contributed by atoms with Gasteiger partial charge in [-0.1, -0.05) is 55.8 Å². The molecule has 120 valence electrons. The predicted octanol–water partition coefficient (Wildman–Crippen LogP) is 3.23. The number of ether oxygens (including phenoxy) is 1. The minimum atomic E-state index is -0.207. The monoisotopic (exact) mass is 331 g/mol. The van der Waals surface area contributed by atoms with Crippen molar-refractivity contribution in [1.29, 1.82) is 0 Å². The van der Waals surface area contributed by atoms with E-state index in [0.29, 0.717) is 34.4 Å². The van der Waals surface area contributed by atoms with Gasteiger partial charge in [0.2, 0.25) is 5.88 Å². The Labute approximate surface area is 139 Å². The third-order valence-electron chi connectivity index (χ3n) is 3.47. The largest absolute Gasteiger partial charge is 0.479 e. The predicted molar refractivity (Wildman–Crippen MR) is 88.9 cm³/mol. The van der Waals surface area contributed by atoms with E-state index in [4.69, 9.17) is 16.3 Å². The molecule has 0 saturated heterocycles. The van der Waals surface area contributed by atoms with Crippen LogP contribution in [-0.2, 0) is 12.0 Å². The van der Waals surface area contributed by atoms with Crippen molar-refractivity contribution in [3.8, 4) is 5.88 Å². The lowest BCUT2D eigenvalue weighted by molar-refractivity contribution is 0.394. The van der Waals surface area contributed by atoms with Crippen LogP contribution in [0.5, 0.6) is 5.88 Å². The minimum absolute atomic E-state index is 0.207. The molecule has 0 unspecified atom stereocenters. The summed E-state index contributed by atoms with van der Waals surface area (Å²) in [7, 11) is 1.57. The van der Waals surface area contributed by atoms with E-state index in [9.17, 15) is 0 Å². The number of hydrogen-bond donors (Lipinski definition) is 0. The van der Waals surface area contributed by atoms with Crippen molar-refractivity contribution in [2.24, 2.45) is 0 Å². The number of methoxy groups -OCH3 is 1. The number of aromatic nitrogens is 5. The first-order chi connectivity index (χ1) is 10.9. The Balaban J connectivity index is 2.13. The summed E-state index contributed by atoms with van der Waals surface area (Å²) in [6.07, 6.45) is 0. The Bertz CT molecular complexity index is 853. The van der Waals surface area contributed by atoms with Crippen molar-refractivity contribution in [2.75, 3.05) is 7.11 Å². The van der Waals surface area contributed by atoms with Gasteiger partial charge in [-0.2, -0.15) is 4.98 Å². The molecule has 3 aromatic rings. The summed E-state index contributed by atoms with van der Waals surface area (Å²) in [6.45, 7) is 6.64. The van der Waals surface area contributed by atoms with Gasteiger partial charge in [0.05, 0.1) is 13.7 Å². The van der Waals surface area contributed by atoms with E-state index in [2.05, 4.69) is 41.1 Å². The van der Waals surface area contributed by atoms with Crippen LogP contribution in [0.1, 0.15) is 32.2 Å². The fraction of sp³-hybridized carbons (Fsp3) is 0.375. The number of halogens is 1. The van der Waals surface area contributed by atoms with Crippen LogP contribution in [0.25, 0.3) is 11.2 Å². The molecule has 0 fully saturated rings. The maximum absolute atomic E-state index is 6.24. The van der Waals surface area contributed by atoms with E-state index in [-0.39, 0.29) is 5.41 Å².